The fourth-order valence-electron chi connectivity index (χ4n) is 3.17. The van der Waals surface area contributed by atoms with E-state index in [9.17, 15) is 4.79 Å². The van der Waals surface area contributed by atoms with Gasteiger partial charge in [-0.05, 0) is 46.6 Å². The second-order valence-electron chi connectivity index (χ2n) is 7.16. The Morgan fingerprint density at radius 3 is 2.48 bits per heavy atom. The smallest absolute Gasteiger partial charge is 0.274 e. The number of rotatable bonds is 2. The number of likely N-dealkylation sites (tertiary alicyclic amines) is 1. The van der Waals surface area contributed by atoms with E-state index >= 15 is 0 Å². The van der Waals surface area contributed by atoms with Crippen LogP contribution in [0.2, 0.25) is 0 Å². The van der Waals surface area contributed by atoms with E-state index in [2.05, 4.69) is 36.2 Å². The Bertz CT molecular complexity index is 674. The minimum absolute atomic E-state index is 0.0214. The lowest BCUT2D eigenvalue weighted by molar-refractivity contribution is 0.0681. The summed E-state index contributed by atoms with van der Waals surface area (Å²) in [4.78, 5) is 14.6. The number of hydrogen-bond donors (Lipinski definition) is 0. The zero-order valence-electron chi connectivity index (χ0n) is 14.2. The fourth-order valence-corrected chi connectivity index (χ4v) is 3.17. The van der Waals surface area contributed by atoms with Crippen LogP contribution < -0.4 is 0 Å². The molecule has 3 rings (SSSR count). The molecule has 124 valence electrons. The van der Waals surface area contributed by atoms with Gasteiger partial charge >= 0.3 is 0 Å². The number of nitrogens with zero attached hydrogens (tertiary/aromatic N) is 6. The molecule has 1 aliphatic heterocycles. The van der Waals surface area contributed by atoms with Gasteiger partial charge in [-0.3, -0.25) is 9.48 Å². The zero-order chi connectivity index (χ0) is 16.6. The minimum Gasteiger partial charge on any atom is -0.337 e. The Morgan fingerprint density at radius 1 is 1.26 bits per heavy atom. The van der Waals surface area contributed by atoms with Gasteiger partial charge in [0.15, 0.2) is 5.69 Å². The molecule has 0 saturated carbocycles. The van der Waals surface area contributed by atoms with Crippen LogP contribution in [0.5, 0.6) is 0 Å². The van der Waals surface area contributed by atoms with Gasteiger partial charge in [-0.15, -0.1) is 5.10 Å². The largest absolute Gasteiger partial charge is 0.337 e. The molecule has 2 aromatic rings. The molecule has 0 aromatic carbocycles. The highest BCUT2D eigenvalue weighted by molar-refractivity contribution is 5.92. The van der Waals surface area contributed by atoms with Crippen molar-refractivity contribution in [2.75, 3.05) is 13.1 Å². The van der Waals surface area contributed by atoms with Gasteiger partial charge in [0.25, 0.3) is 5.91 Å². The van der Waals surface area contributed by atoms with Gasteiger partial charge in [-0.2, -0.15) is 5.10 Å². The van der Waals surface area contributed by atoms with Crippen LogP contribution in [0.3, 0.4) is 0 Å². The average Bonchev–Trinajstić information content (AvgIpc) is 3.15. The molecule has 0 N–H and O–H groups in total. The van der Waals surface area contributed by atoms with E-state index in [4.69, 9.17) is 0 Å². The van der Waals surface area contributed by atoms with Crippen LogP contribution in [0.15, 0.2) is 18.5 Å². The number of amides is 1. The Labute approximate surface area is 136 Å². The summed E-state index contributed by atoms with van der Waals surface area (Å²) in [6.07, 6.45) is 5.37. The highest BCUT2D eigenvalue weighted by Gasteiger charge is 2.27. The minimum atomic E-state index is -0.122. The van der Waals surface area contributed by atoms with Crippen LogP contribution in [-0.4, -0.2) is 48.7 Å². The molecule has 23 heavy (non-hydrogen) atoms. The molecule has 0 radical (unpaired) electrons. The molecule has 1 saturated heterocycles. The quantitative estimate of drug-likeness (QED) is 0.850. The maximum absolute atomic E-state index is 12.7. The Hall–Kier alpha value is -2.18. The van der Waals surface area contributed by atoms with Crippen molar-refractivity contribution >= 4 is 5.91 Å². The number of aromatic nitrogens is 5. The summed E-state index contributed by atoms with van der Waals surface area (Å²) in [7, 11) is 0. The van der Waals surface area contributed by atoms with Crippen molar-refractivity contribution in [3.63, 3.8) is 0 Å². The van der Waals surface area contributed by atoms with E-state index in [0.717, 1.165) is 31.6 Å². The summed E-state index contributed by atoms with van der Waals surface area (Å²) in [5.41, 5.74) is 1.43. The third-order valence-electron chi connectivity index (χ3n) is 4.31. The van der Waals surface area contributed by atoms with E-state index in [-0.39, 0.29) is 11.4 Å². The number of aryl methyl sites for hydroxylation is 1. The van der Waals surface area contributed by atoms with Crippen molar-refractivity contribution in [3.8, 4) is 0 Å². The summed E-state index contributed by atoms with van der Waals surface area (Å²) < 4.78 is 3.81. The van der Waals surface area contributed by atoms with Crippen molar-refractivity contribution in [2.45, 2.75) is 52.1 Å². The molecule has 2 aromatic heterocycles. The van der Waals surface area contributed by atoms with Crippen LogP contribution in [0, 0.1) is 6.92 Å². The number of piperidine rings is 1. The molecule has 7 nitrogen and oxygen atoms in total. The van der Waals surface area contributed by atoms with E-state index < -0.39 is 0 Å². The van der Waals surface area contributed by atoms with Gasteiger partial charge in [-0.1, -0.05) is 5.21 Å². The molecule has 3 heterocycles. The molecular weight excluding hydrogens is 292 g/mol. The van der Waals surface area contributed by atoms with Crippen LogP contribution in [-0.2, 0) is 5.54 Å². The Kier molecular flexibility index (Phi) is 3.95. The van der Waals surface area contributed by atoms with Gasteiger partial charge < -0.3 is 4.90 Å². The molecule has 0 bridgehead atoms. The first-order chi connectivity index (χ1) is 10.9. The average molecular weight is 316 g/mol. The zero-order valence-corrected chi connectivity index (χ0v) is 14.2. The van der Waals surface area contributed by atoms with E-state index in [1.54, 1.807) is 6.20 Å². The van der Waals surface area contributed by atoms with Crippen LogP contribution in [0.4, 0.5) is 0 Å². The standard InChI is InChI=1S/C16H24N6O/c1-12-11-14(18-22(12)16(2,3)4)15(23)20-8-5-13(6-9-20)21-10-7-17-19-21/h7,10-11,13H,5-6,8-9H2,1-4H3. The third kappa shape index (κ3) is 3.13. The van der Waals surface area contributed by atoms with E-state index in [1.807, 2.05) is 33.5 Å². The first kappa shape index (κ1) is 15.7. The topological polar surface area (TPSA) is 68.8 Å². The molecule has 7 heteroatoms. The first-order valence-corrected chi connectivity index (χ1v) is 8.08. The van der Waals surface area contributed by atoms with E-state index in [0.29, 0.717) is 11.7 Å². The maximum Gasteiger partial charge on any atom is 0.274 e. The van der Waals surface area contributed by atoms with Crippen LogP contribution >= 0.6 is 0 Å². The van der Waals surface area contributed by atoms with Gasteiger partial charge in [0.1, 0.15) is 0 Å². The lowest BCUT2D eigenvalue weighted by Gasteiger charge is -2.31. The summed E-state index contributed by atoms with van der Waals surface area (Å²) >= 11 is 0. The summed E-state index contributed by atoms with van der Waals surface area (Å²) in [6.45, 7) is 9.71. The molecule has 1 fully saturated rings. The molecule has 0 atom stereocenters. The monoisotopic (exact) mass is 316 g/mol. The predicted molar refractivity (Wildman–Crippen MR) is 86.2 cm³/mol. The van der Waals surface area contributed by atoms with Crippen molar-refractivity contribution in [1.29, 1.82) is 0 Å². The van der Waals surface area contributed by atoms with Gasteiger partial charge in [0.05, 0.1) is 17.8 Å². The molecule has 0 aliphatic carbocycles. The predicted octanol–water partition coefficient (Wildman–Crippen LogP) is 2.02. The third-order valence-corrected chi connectivity index (χ3v) is 4.31. The van der Waals surface area contributed by atoms with Crippen LogP contribution in [0.1, 0.15) is 55.8 Å². The fraction of sp³-hybridized carbons (Fsp3) is 0.625. The van der Waals surface area contributed by atoms with Gasteiger partial charge in [0.2, 0.25) is 0 Å². The second-order valence-corrected chi connectivity index (χ2v) is 7.16. The normalized spacial score (nSPS) is 16.8. The number of hydrogen-bond acceptors (Lipinski definition) is 4. The van der Waals surface area contributed by atoms with Crippen molar-refractivity contribution in [1.82, 2.24) is 29.7 Å². The SMILES string of the molecule is Cc1cc(C(=O)N2CCC(n3ccnn3)CC2)nn1C(C)(C)C. The van der Waals surface area contributed by atoms with Crippen LogP contribution in [0.25, 0.3) is 0 Å². The molecule has 1 amide bonds. The van der Waals surface area contributed by atoms with Gasteiger partial charge in [0, 0.05) is 25.0 Å². The molecule has 1 aliphatic rings. The van der Waals surface area contributed by atoms with E-state index in [1.165, 1.54) is 0 Å². The molecular formula is C16H24N6O. The Balaban J connectivity index is 1.68. The Morgan fingerprint density at radius 2 is 1.96 bits per heavy atom. The van der Waals surface area contributed by atoms with Crippen molar-refractivity contribution in [3.05, 3.63) is 29.8 Å². The van der Waals surface area contributed by atoms with Crippen molar-refractivity contribution in [2.24, 2.45) is 0 Å². The summed E-state index contributed by atoms with van der Waals surface area (Å²) in [5, 5.41) is 12.4. The first-order valence-electron chi connectivity index (χ1n) is 8.08. The summed E-state index contributed by atoms with van der Waals surface area (Å²) in [6, 6.07) is 2.22. The van der Waals surface area contributed by atoms with Crippen molar-refractivity contribution < 1.29 is 4.79 Å². The van der Waals surface area contributed by atoms with Gasteiger partial charge in [-0.25, -0.2) is 4.68 Å². The highest BCUT2D eigenvalue weighted by Crippen LogP contribution is 2.23. The molecule has 0 unspecified atom stereocenters. The summed E-state index contributed by atoms with van der Waals surface area (Å²) in [5.74, 6) is 0.0214. The highest BCUT2D eigenvalue weighted by atomic mass is 16.2. The second kappa shape index (κ2) is 5.79. The lowest BCUT2D eigenvalue weighted by Crippen LogP contribution is -2.39. The number of carbonyl (C=O) groups is 1. The number of carbonyl (C=O) groups excluding carboxylic acids is 1. The molecule has 0 spiro atoms. The maximum atomic E-state index is 12.7. The lowest BCUT2D eigenvalue weighted by atomic mass is 10.0.